The molecule has 2 N–H and O–H groups in total. The molecule has 1 amide bonds. The quantitative estimate of drug-likeness (QED) is 0.720. The van der Waals surface area contributed by atoms with Crippen LogP contribution >= 0.6 is 0 Å². The molecule has 6 nitrogen and oxygen atoms in total. The number of carbonyl (C=O) groups is 1. The lowest BCUT2D eigenvalue weighted by molar-refractivity contribution is 0.0145. The number of halogens is 2. The molecule has 2 saturated heterocycles. The maximum absolute atomic E-state index is 14.4. The Labute approximate surface area is 184 Å². The number of carbonyl (C=O) groups excluding carboxylic acids is 1. The molecular weight excluding hydrogens is 402 g/mol. The van der Waals surface area contributed by atoms with Crippen LogP contribution in [0.5, 0.6) is 0 Å². The van der Waals surface area contributed by atoms with Crippen molar-refractivity contribution in [1.29, 1.82) is 0 Å². The fourth-order valence-electron chi connectivity index (χ4n) is 4.71. The lowest BCUT2D eigenvalue weighted by atomic mass is 9.94. The second-order valence-electron chi connectivity index (χ2n) is 10.0. The van der Waals surface area contributed by atoms with Gasteiger partial charge in [0.2, 0.25) is 0 Å². The van der Waals surface area contributed by atoms with E-state index < -0.39 is 17.2 Å². The first-order valence-electron chi connectivity index (χ1n) is 11.2. The van der Waals surface area contributed by atoms with E-state index >= 15 is 0 Å². The maximum Gasteiger partial charge on any atom is 0.410 e. The summed E-state index contributed by atoms with van der Waals surface area (Å²) in [7, 11) is 0. The molecule has 2 heterocycles. The van der Waals surface area contributed by atoms with Crippen LogP contribution in [0.3, 0.4) is 0 Å². The Morgan fingerprint density at radius 2 is 1.61 bits per heavy atom. The smallest absolute Gasteiger partial charge is 0.410 e. The van der Waals surface area contributed by atoms with Crippen molar-refractivity contribution in [2.24, 2.45) is 5.92 Å². The largest absolute Gasteiger partial charge is 0.444 e. The van der Waals surface area contributed by atoms with Gasteiger partial charge in [-0.2, -0.15) is 0 Å². The van der Waals surface area contributed by atoms with Gasteiger partial charge in [0.1, 0.15) is 11.3 Å². The molecule has 1 aromatic carbocycles. The van der Waals surface area contributed by atoms with Gasteiger partial charge in [0, 0.05) is 50.5 Å². The first-order chi connectivity index (χ1) is 14.4. The molecule has 0 bridgehead atoms. The number of piperidine rings is 1. The van der Waals surface area contributed by atoms with Crippen LogP contribution < -0.4 is 10.6 Å². The van der Waals surface area contributed by atoms with Gasteiger partial charge in [-0.3, -0.25) is 4.90 Å². The van der Waals surface area contributed by atoms with Gasteiger partial charge in [0.25, 0.3) is 0 Å². The minimum absolute atomic E-state index is 0.0122. The summed E-state index contributed by atoms with van der Waals surface area (Å²) in [5.41, 5.74) is 5.18. The summed E-state index contributed by atoms with van der Waals surface area (Å²) in [6.45, 7) is 13.3. The third-order valence-electron chi connectivity index (χ3n) is 6.19. The summed E-state index contributed by atoms with van der Waals surface area (Å²) in [5.74, 6) is -0.736. The van der Waals surface area contributed by atoms with Crippen molar-refractivity contribution in [1.82, 2.24) is 9.80 Å². The molecule has 2 aliphatic heterocycles. The van der Waals surface area contributed by atoms with Crippen molar-refractivity contribution in [3.05, 3.63) is 23.8 Å². The van der Waals surface area contributed by atoms with E-state index in [1.807, 2.05) is 20.8 Å². The molecule has 2 atom stereocenters. The van der Waals surface area contributed by atoms with Gasteiger partial charge in [0.05, 0.1) is 0 Å². The van der Waals surface area contributed by atoms with Crippen molar-refractivity contribution in [2.75, 3.05) is 43.4 Å². The molecular formula is C23H36F2N4O2. The monoisotopic (exact) mass is 438 g/mol. The zero-order chi connectivity index (χ0) is 22.9. The van der Waals surface area contributed by atoms with Crippen LogP contribution in [-0.4, -0.2) is 66.3 Å². The lowest BCUT2D eigenvalue weighted by Gasteiger charge is -2.47. The van der Waals surface area contributed by atoms with Crippen LogP contribution in [0.15, 0.2) is 12.1 Å². The van der Waals surface area contributed by atoms with E-state index in [1.165, 1.54) is 12.1 Å². The van der Waals surface area contributed by atoms with Gasteiger partial charge >= 0.3 is 6.09 Å². The van der Waals surface area contributed by atoms with E-state index in [4.69, 9.17) is 10.5 Å². The van der Waals surface area contributed by atoms with Crippen LogP contribution in [0, 0.1) is 17.6 Å². The molecule has 1 aromatic rings. The summed E-state index contributed by atoms with van der Waals surface area (Å²) in [5, 5.41) is 0. The minimum Gasteiger partial charge on any atom is -0.444 e. The van der Waals surface area contributed by atoms with Crippen molar-refractivity contribution in [3.63, 3.8) is 0 Å². The van der Waals surface area contributed by atoms with Gasteiger partial charge < -0.3 is 20.3 Å². The topological polar surface area (TPSA) is 62.0 Å². The van der Waals surface area contributed by atoms with Crippen LogP contribution in [0.2, 0.25) is 0 Å². The number of likely N-dealkylation sites (tertiary alicyclic amines) is 1. The zero-order valence-electron chi connectivity index (χ0n) is 19.3. The number of nitrogens with two attached hydrogens (primary N) is 1. The molecule has 8 heteroatoms. The molecule has 31 heavy (non-hydrogen) atoms. The number of nitrogen functional groups attached to an aromatic ring is 1. The number of nitrogens with zero attached hydrogens (tertiary/aromatic N) is 3. The predicted octanol–water partition coefficient (Wildman–Crippen LogP) is 4.09. The molecule has 2 aliphatic rings. The summed E-state index contributed by atoms with van der Waals surface area (Å²) in [6, 6.07) is 2.67. The maximum atomic E-state index is 14.4. The summed E-state index contributed by atoms with van der Waals surface area (Å²) in [4.78, 5) is 18.3. The van der Waals surface area contributed by atoms with E-state index in [0.717, 1.165) is 19.4 Å². The van der Waals surface area contributed by atoms with Gasteiger partial charge in [-0.1, -0.05) is 0 Å². The first kappa shape index (κ1) is 23.6. The third kappa shape index (κ3) is 5.79. The van der Waals surface area contributed by atoms with E-state index in [-0.39, 0.29) is 29.6 Å². The second kappa shape index (κ2) is 9.18. The molecule has 0 radical (unpaired) electrons. The number of rotatable bonds is 3. The molecule has 3 rings (SSSR count). The number of amides is 1. The van der Waals surface area contributed by atoms with E-state index in [1.54, 1.807) is 9.80 Å². The molecule has 174 valence electrons. The number of hydrogen-bond donors (Lipinski definition) is 1. The van der Waals surface area contributed by atoms with E-state index in [0.29, 0.717) is 32.1 Å². The molecule has 0 spiro atoms. The number of benzene rings is 1. The average molecular weight is 439 g/mol. The summed E-state index contributed by atoms with van der Waals surface area (Å²) < 4.78 is 34.3. The molecule has 0 aromatic heterocycles. The highest BCUT2D eigenvalue weighted by molar-refractivity contribution is 5.68. The Balaban J connectivity index is 1.56. The number of hydrogen-bond acceptors (Lipinski definition) is 5. The minimum atomic E-state index is -0.611. The Hall–Kier alpha value is -2.09. The number of anilines is 2. The number of piperazine rings is 1. The molecule has 2 fully saturated rings. The van der Waals surface area contributed by atoms with Gasteiger partial charge in [-0.25, -0.2) is 13.6 Å². The normalized spacial score (nSPS) is 23.8. The highest BCUT2D eigenvalue weighted by Crippen LogP contribution is 2.31. The van der Waals surface area contributed by atoms with Crippen molar-refractivity contribution < 1.29 is 18.3 Å². The van der Waals surface area contributed by atoms with Crippen molar-refractivity contribution in [3.8, 4) is 0 Å². The Kier molecular flexibility index (Phi) is 6.98. The van der Waals surface area contributed by atoms with Crippen molar-refractivity contribution in [2.45, 2.75) is 65.1 Å². The van der Waals surface area contributed by atoms with Gasteiger partial charge in [-0.15, -0.1) is 0 Å². The summed E-state index contributed by atoms with van der Waals surface area (Å²) in [6.07, 6.45) is 1.62. The third-order valence-corrected chi connectivity index (χ3v) is 6.19. The van der Waals surface area contributed by atoms with Gasteiger partial charge in [0.15, 0.2) is 11.6 Å². The molecule has 0 saturated carbocycles. The zero-order valence-corrected chi connectivity index (χ0v) is 19.3. The highest BCUT2D eigenvalue weighted by atomic mass is 19.1. The molecule has 0 aliphatic carbocycles. The Morgan fingerprint density at radius 1 is 1.10 bits per heavy atom. The number of ether oxygens (including phenoxy) is 1. The van der Waals surface area contributed by atoms with Crippen LogP contribution in [0.4, 0.5) is 25.0 Å². The lowest BCUT2D eigenvalue weighted by Crippen LogP contribution is -2.58. The van der Waals surface area contributed by atoms with Crippen molar-refractivity contribution >= 4 is 17.5 Å². The Morgan fingerprint density at radius 3 is 2.10 bits per heavy atom. The van der Waals surface area contributed by atoms with E-state index in [2.05, 4.69) is 18.7 Å². The van der Waals surface area contributed by atoms with Crippen LogP contribution in [0.1, 0.15) is 47.5 Å². The van der Waals surface area contributed by atoms with Crippen LogP contribution in [0.25, 0.3) is 0 Å². The Bertz CT molecular complexity index is 755. The predicted molar refractivity (Wildman–Crippen MR) is 119 cm³/mol. The SMILES string of the molecule is C[C@H]1CN(c2c(F)cc(N)cc2F)C[C@H](C)N1CC1CCN(C(=O)OC(C)(C)C)CC1. The fourth-order valence-corrected chi connectivity index (χ4v) is 4.71. The highest BCUT2D eigenvalue weighted by Gasteiger charge is 2.35. The first-order valence-corrected chi connectivity index (χ1v) is 11.2. The summed E-state index contributed by atoms with van der Waals surface area (Å²) >= 11 is 0. The molecule has 0 unspecified atom stereocenters. The second-order valence-corrected chi connectivity index (χ2v) is 10.0. The fraction of sp³-hybridized carbons (Fsp3) is 0.696. The van der Waals surface area contributed by atoms with Gasteiger partial charge in [-0.05, 0) is 65.5 Å². The standard InChI is InChI=1S/C23H36F2N4O2/c1-15-12-28(21-19(24)10-18(26)11-20(21)25)13-16(2)29(15)14-17-6-8-27(9-7-17)22(30)31-23(3,4)5/h10-11,15-17H,6-9,12-14,26H2,1-5H3/t15-,16-/m0/s1. The van der Waals surface area contributed by atoms with E-state index in [9.17, 15) is 13.6 Å². The average Bonchev–Trinajstić information content (AvgIpc) is 2.63. The van der Waals surface area contributed by atoms with Crippen LogP contribution in [-0.2, 0) is 4.74 Å².